The molecule has 1 aromatic rings. The molecule has 1 rings (SSSR count). The van der Waals surface area contributed by atoms with Crippen LogP contribution in [0.2, 0.25) is 0 Å². The lowest BCUT2D eigenvalue weighted by Crippen LogP contribution is -2.33. The summed E-state index contributed by atoms with van der Waals surface area (Å²) in [6, 6.07) is 3.38. The number of rotatable bonds is 5. The molecule has 0 fully saturated rings. The zero-order chi connectivity index (χ0) is 15.3. The van der Waals surface area contributed by atoms with Gasteiger partial charge in [-0.2, -0.15) is 0 Å². The molecule has 4 N–H and O–H groups in total. The van der Waals surface area contributed by atoms with Gasteiger partial charge in [0.1, 0.15) is 0 Å². The number of carboxylic acids is 1. The largest absolute Gasteiger partial charge is 0.479 e. The Morgan fingerprint density at radius 3 is 2.55 bits per heavy atom. The molecule has 0 saturated heterocycles. The highest BCUT2D eigenvalue weighted by molar-refractivity contribution is 9.10. The van der Waals surface area contributed by atoms with Crippen LogP contribution in [-0.2, 0) is 4.79 Å². The fraction of sp³-hybridized carbons (Fsp3) is 0.385. The quantitative estimate of drug-likeness (QED) is 0.656. The van der Waals surface area contributed by atoms with E-state index >= 15 is 0 Å². The standard InChI is InChI=1S/C13H17BrN2O4/c1-7-5-8(2)11(9(14)6-7)16-13(20)15-4-3-10(17)12(18)19/h5-6,10,17H,3-4H2,1-2H3,(H,18,19)(H2,15,16,20). The lowest BCUT2D eigenvalue weighted by Gasteiger charge is -2.13. The molecule has 1 atom stereocenters. The van der Waals surface area contributed by atoms with E-state index in [-0.39, 0.29) is 13.0 Å². The molecule has 1 unspecified atom stereocenters. The number of aliphatic carboxylic acids is 1. The van der Waals surface area contributed by atoms with Gasteiger partial charge in [-0.3, -0.25) is 0 Å². The second-order valence-corrected chi connectivity index (χ2v) is 5.32. The van der Waals surface area contributed by atoms with Gasteiger partial charge in [-0.15, -0.1) is 0 Å². The first-order valence-electron chi connectivity index (χ1n) is 6.03. The van der Waals surface area contributed by atoms with E-state index in [1.807, 2.05) is 26.0 Å². The number of hydrogen-bond acceptors (Lipinski definition) is 3. The fourth-order valence-electron chi connectivity index (χ4n) is 1.68. The molecule has 0 spiro atoms. The van der Waals surface area contributed by atoms with Crippen LogP contribution in [0.5, 0.6) is 0 Å². The Balaban J connectivity index is 2.53. The van der Waals surface area contributed by atoms with Crippen LogP contribution in [0.15, 0.2) is 16.6 Å². The molecule has 1 aromatic carbocycles. The summed E-state index contributed by atoms with van der Waals surface area (Å²) in [4.78, 5) is 22.1. The van der Waals surface area contributed by atoms with E-state index in [1.165, 1.54) is 0 Å². The fourth-order valence-corrected chi connectivity index (χ4v) is 2.45. The molecule has 20 heavy (non-hydrogen) atoms. The Morgan fingerprint density at radius 2 is 2.00 bits per heavy atom. The Kier molecular flexibility index (Phi) is 5.97. The van der Waals surface area contributed by atoms with Crippen LogP contribution < -0.4 is 10.6 Å². The number of anilines is 1. The van der Waals surface area contributed by atoms with E-state index in [0.29, 0.717) is 5.69 Å². The van der Waals surface area contributed by atoms with Crippen molar-refractivity contribution >= 4 is 33.6 Å². The van der Waals surface area contributed by atoms with Gasteiger partial charge in [0.15, 0.2) is 6.10 Å². The van der Waals surface area contributed by atoms with Gasteiger partial charge >= 0.3 is 12.0 Å². The van der Waals surface area contributed by atoms with Crippen LogP contribution in [0.25, 0.3) is 0 Å². The Labute approximate surface area is 125 Å². The van der Waals surface area contributed by atoms with Gasteiger partial charge in [-0.25, -0.2) is 9.59 Å². The second kappa shape index (κ2) is 7.25. The van der Waals surface area contributed by atoms with Crippen molar-refractivity contribution in [3.63, 3.8) is 0 Å². The maximum atomic E-state index is 11.7. The number of benzene rings is 1. The number of hydrogen-bond donors (Lipinski definition) is 4. The van der Waals surface area contributed by atoms with Crippen molar-refractivity contribution in [1.82, 2.24) is 5.32 Å². The van der Waals surface area contributed by atoms with Crippen molar-refractivity contribution in [2.75, 3.05) is 11.9 Å². The van der Waals surface area contributed by atoms with Gasteiger partial charge < -0.3 is 20.8 Å². The van der Waals surface area contributed by atoms with E-state index < -0.39 is 18.1 Å². The number of aliphatic hydroxyl groups excluding tert-OH is 1. The third kappa shape index (κ3) is 4.82. The van der Waals surface area contributed by atoms with Gasteiger partial charge in [0, 0.05) is 17.4 Å². The van der Waals surface area contributed by atoms with Crippen molar-refractivity contribution in [2.45, 2.75) is 26.4 Å². The number of urea groups is 1. The summed E-state index contributed by atoms with van der Waals surface area (Å²) < 4.78 is 0.774. The molecule has 110 valence electrons. The first kappa shape index (κ1) is 16.5. The van der Waals surface area contributed by atoms with Gasteiger partial charge in [0.05, 0.1) is 5.69 Å². The molecule has 0 saturated carbocycles. The zero-order valence-electron chi connectivity index (χ0n) is 11.2. The number of carboxylic acid groups (broad SMARTS) is 1. The summed E-state index contributed by atoms with van der Waals surface area (Å²) >= 11 is 3.38. The Hall–Kier alpha value is -1.60. The van der Waals surface area contributed by atoms with E-state index in [9.17, 15) is 9.59 Å². The lowest BCUT2D eigenvalue weighted by atomic mass is 10.1. The molecule has 0 aliphatic carbocycles. The van der Waals surface area contributed by atoms with Crippen LogP contribution >= 0.6 is 15.9 Å². The number of carbonyl (C=O) groups excluding carboxylic acids is 1. The van der Waals surface area contributed by atoms with Gasteiger partial charge in [0.25, 0.3) is 0 Å². The molecule has 6 nitrogen and oxygen atoms in total. The van der Waals surface area contributed by atoms with Crippen LogP contribution in [0, 0.1) is 13.8 Å². The number of halogens is 1. The van der Waals surface area contributed by atoms with Crippen molar-refractivity contribution in [2.24, 2.45) is 0 Å². The number of nitrogens with one attached hydrogen (secondary N) is 2. The van der Waals surface area contributed by atoms with E-state index in [2.05, 4.69) is 26.6 Å². The highest BCUT2D eigenvalue weighted by atomic mass is 79.9. The normalized spacial score (nSPS) is 11.8. The van der Waals surface area contributed by atoms with Crippen molar-refractivity contribution < 1.29 is 19.8 Å². The van der Waals surface area contributed by atoms with E-state index in [1.54, 1.807) is 0 Å². The predicted octanol–water partition coefficient (Wildman–Crippen LogP) is 2.02. The highest BCUT2D eigenvalue weighted by Crippen LogP contribution is 2.27. The average Bonchev–Trinajstić information content (AvgIpc) is 2.33. The molecule has 0 bridgehead atoms. The molecule has 2 amide bonds. The molecule has 0 aliphatic heterocycles. The number of amides is 2. The second-order valence-electron chi connectivity index (χ2n) is 4.46. The third-order valence-corrected chi connectivity index (χ3v) is 3.28. The number of aliphatic hydroxyl groups is 1. The maximum absolute atomic E-state index is 11.7. The van der Waals surface area contributed by atoms with Crippen molar-refractivity contribution in [3.05, 3.63) is 27.7 Å². The maximum Gasteiger partial charge on any atom is 0.332 e. The molecular weight excluding hydrogens is 328 g/mol. The highest BCUT2D eigenvalue weighted by Gasteiger charge is 2.13. The number of carbonyl (C=O) groups is 2. The van der Waals surface area contributed by atoms with Gasteiger partial charge in [-0.05, 0) is 47.0 Å². The summed E-state index contributed by atoms with van der Waals surface area (Å²) in [6.07, 6.45) is -1.51. The molecule has 0 aromatic heterocycles. The average molecular weight is 345 g/mol. The first-order chi connectivity index (χ1) is 9.31. The van der Waals surface area contributed by atoms with E-state index in [4.69, 9.17) is 10.2 Å². The summed E-state index contributed by atoms with van der Waals surface area (Å²) in [5.74, 6) is -1.30. The predicted molar refractivity (Wildman–Crippen MR) is 78.9 cm³/mol. The Morgan fingerprint density at radius 1 is 1.35 bits per heavy atom. The summed E-state index contributed by atoms with van der Waals surface area (Å²) in [5.41, 5.74) is 2.65. The van der Waals surface area contributed by atoms with Crippen LogP contribution in [0.4, 0.5) is 10.5 Å². The van der Waals surface area contributed by atoms with Crippen molar-refractivity contribution in [1.29, 1.82) is 0 Å². The minimum atomic E-state index is -1.47. The smallest absolute Gasteiger partial charge is 0.332 e. The van der Waals surface area contributed by atoms with Crippen LogP contribution in [0.3, 0.4) is 0 Å². The summed E-state index contributed by atoms with van der Waals surface area (Å²) in [7, 11) is 0. The topological polar surface area (TPSA) is 98.7 Å². The Bertz CT molecular complexity index is 496. The van der Waals surface area contributed by atoms with Crippen LogP contribution in [-0.4, -0.2) is 34.9 Å². The minimum Gasteiger partial charge on any atom is -0.479 e. The third-order valence-electron chi connectivity index (χ3n) is 2.66. The van der Waals surface area contributed by atoms with Crippen molar-refractivity contribution in [3.8, 4) is 0 Å². The molecular formula is C13H17BrN2O4. The van der Waals surface area contributed by atoms with Gasteiger partial charge in [0.2, 0.25) is 0 Å². The molecule has 0 aliphatic rings. The monoisotopic (exact) mass is 344 g/mol. The molecule has 0 heterocycles. The minimum absolute atomic E-state index is 0.0448. The molecule has 7 heteroatoms. The van der Waals surface area contributed by atoms with Gasteiger partial charge in [-0.1, -0.05) is 6.07 Å². The van der Waals surface area contributed by atoms with Crippen LogP contribution in [0.1, 0.15) is 17.5 Å². The van der Waals surface area contributed by atoms with E-state index in [0.717, 1.165) is 15.6 Å². The lowest BCUT2D eigenvalue weighted by molar-refractivity contribution is -0.146. The summed E-state index contributed by atoms with van der Waals surface area (Å²) in [5, 5.41) is 22.7. The SMILES string of the molecule is Cc1cc(C)c(NC(=O)NCCC(O)C(=O)O)c(Br)c1. The number of aryl methyl sites for hydroxylation is 2. The first-order valence-corrected chi connectivity index (χ1v) is 6.83. The molecule has 0 radical (unpaired) electrons. The summed E-state index contributed by atoms with van der Waals surface area (Å²) in [6.45, 7) is 3.90. The zero-order valence-corrected chi connectivity index (χ0v) is 12.8.